The van der Waals surface area contributed by atoms with Gasteiger partial charge in [-0.1, -0.05) is 0 Å². The van der Waals surface area contributed by atoms with E-state index in [2.05, 4.69) is 43.2 Å². The molecule has 0 amide bonds. The molecule has 4 heterocycles. The minimum Gasteiger partial charge on any atom is -0.370 e. The quantitative estimate of drug-likeness (QED) is 0.818. The van der Waals surface area contributed by atoms with E-state index < -0.39 is 0 Å². The number of hydrogen-bond acceptors (Lipinski definition) is 5. The highest BCUT2D eigenvalue weighted by molar-refractivity contribution is 5.19. The molecule has 2 atom stereocenters. The molecule has 0 spiro atoms. The lowest BCUT2D eigenvalue weighted by molar-refractivity contribution is 0.0648. The Balaban J connectivity index is 1.45. The van der Waals surface area contributed by atoms with Crippen LogP contribution in [-0.4, -0.2) is 62.9 Å². The van der Waals surface area contributed by atoms with E-state index in [-0.39, 0.29) is 6.10 Å². The van der Waals surface area contributed by atoms with E-state index in [0.29, 0.717) is 5.92 Å². The van der Waals surface area contributed by atoms with Gasteiger partial charge in [0.1, 0.15) is 11.9 Å². The van der Waals surface area contributed by atoms with Gasteiger partial charge in [-0.2, -0.15) is 5.10 Å². The van der Waals surface area contributed by atoms with Crippen molar-refractivity contribution in [1.29, 1.82) is 0 Å². The summed E-state index contributed by atoms with van der Waals surface area (Å²) in [5.41, 5.74) is 2.71. The number of fused-ring (bicyclic) bond motifs is 1. The summed E-state index contributed by atoms with van der Waals surface area (Å²) in [5.74, 6) is 1.56. The van der Waals surface area contributed by atoms with Crippen molar-refractivity contribution in [2.45, 2.75) is 32.2 Å². The highest BCUT2D eigenvalue weighted by atomic mass is 16.5. The second-order valence-electron chi connectivity index (χ2n) is 7.55. The Bertz CT molecular complexity index is 721. The van der Waals surface area contributed by atoms with Crippen LogP contribution in [0.2, 0.25) is 0 Å². The minimum absolute atomic E-state index is 0.119. The highest BCUT2D eigenvalue weighted by Gasteiger charge is 2.34. The standard InChI is InChI=1S/C18H28N6O/c1-21(2)11-15-10-20-24-8-7-23(13-16(15)24)12-14-4-9-25-17(14)18-19-5-6-22(18)3/h5-6,10,14,17H,4,7-9,11-13H2,1-3H3/t14-,17+/m0/s1. The average molecular weight is 344 g/mol. The van der Waals surface area contributed by atoms with Gasteiger partial charge >= 0.3 is 0 Å². The molecule has 25 heavy (non-hydrogen) atoms. The Kier molecular flexibility index (Phi) is 4.62. The van der Waals surface area contributed by atoms with Gasteiger partial charge in [0, 0.05) is 63.7 Å². The van der Waals surface area contributed by atoms with Crippen molar-refractivity contribution in [2.24, 2.45) is 13.0 Å². The first kappa shape index (κ1) is 16.8. The van der Waals surface area contributed by atoms with Crippen molar-refractivity contribution in [3.8, 4) is 0 Å². The van der Waals surface area contributed by atoms with Crippen LogP contribution in [0.5, 0.6) is 0 Å². The van der Waals surface area contributed by atoms with Gasteiger partial charge in [0.15, 0.2) is 0 Å². The summed E-state index contributed by atoms with van der Waals surface area (Å²) in [6, 6.07) is 0. The van der Waals surface area contributed by atoms with Crippen molar-refractivity contribution in [1.82, 2.24) is 29.1 Å². The number of rotatable bonds is 5. The molecule has 0 N–H and O–H groups in total. The van der Waals surface area contributed by atoms with E-state index in [1.54, 1.807) is 0 Å². The maximum Gasteiger partial charge on any atom is 0.137 e. The van der Waals surface area contributed by atoms with Crippen LogP contribution in [0, 0.1) is 5.92 Å². The number of hydrogen-bond donors (Lipinski definition) is 0. The Morgan fingerprint density at radius 2 is 2.20 bits per heavy atom. The molecule has 4 rings (SSSR count). The molecule has 2 aromatic heterocycles. The van der Waals surface area contributed by atoms with Crippen LogP contribution < -0.4 is 0 Å². The molecule has 1 fully saturated rings. The van der Waals surface area contributed by atoms with Crippen LogP contribution in [0.1, 0.15) is 29.6 Å². The van der Waals surface area contributed by atoms with E-state index in [9.17, 15) is 0 Å². The van der Waals surface area contributed by atoms with Crippen molar-refractivity contribution >= 4 is 0 Å². The number of aryl methyl sites for hydroxylation is 1. The number of imidazole rings is 1. The Hall–Kier alpha value is -1.70. The summed E-state index contributed by atoms with van der Waals surface area (Å²) in [7, 11) is 6.27. The first-order valence-corrected chi connectivity index (χ1v) is 9.11. The fraction of sp³-hybridized carbons (Fsp3) is 0.667. The lowest BCUT2D eigenvalue weighted by Crippen LogP contribution is -2.38. The smallest absolute Gasteiger partial charge is 0.137 e. The van der Waals surface area contributed by atoms with E-state index in [0.717, 1.165) is 51.6 Å². The van der Waals surface area contributed by atoms with Gasteiger partial charge in [-0.05, 0) is 20.5 Å². The van der Waals surface area contributed by atoms with Crippen molar-refractivity contribution < 1.29 is 4.74 Å². The molecule has 7 nitrogen and oxygen atoms in total. The number of aromatic nitrogens is 4. The van der Waals surface area contributed by atoms with Gasteiger partial charge in [0.05, 0.1) is 18.4 Å². The van der Waals surface area contributed by atoms with Gasteiger partial charge in [-0.25, -0.2) is 4.98 Å². The molecule has 0 bridgehead atoms. The molecular weight excluding hydrogens is 316 g/mol. The first-order chi connectivity index (χ1) is 12.1. The second kappa shape index (κ2) is 6.90. The lowest BCUT2D eigenvalue weighted by atomic mass is 9.99. The zero-order valence-electron chi connectivity index (χ0n) is 15.4. The van der Waals surface area contributed by atoms with Crippen LogP contribution >= 0.6 is 0 Å². The summed E-state index contributed by atoms with van der Waals surface area (Å²) in [6.45, 7) is 5.85. The zero-order valence-corrected chi connectivity index (χ0v) is 15.4. The molecule has 2 aliphatic heterocycles. The van der Waals surface area contributed by atoms with E-state index in [1.807, 2.05) is 25.6 Å². The molecule has 0 radical (unpaired) electrons. The molecule has 0 aromatic carbocycles. The van der Waals surface area contributed by atoms with Crippen molar-refractivity contribution in [3.63, 3.8) is 0 Å². The average Bonchev–Trinajstić information content (AvgIpc) is 3.28. The Labute approximate surface area is 149 Å². The van der Waals surface area contributed by atoms with E-state index in [4.69, 9.17) is 4.74 Å². The van der Waals surface area contributed by atoms with Crippen molar-refractivity contribution in [2.75, 3.05) is 33.8 Å². The molecule has 136 valence electrons. The second-order valence-corrected chi connectivity index (χ2v) is 7.55. The molecule has 0 aliphatic carbocycles. The largest absolute Gasteiger partial charge is 0.370 e. The third-order valence-electron chi connectivity index (χ3n) is 5.34. The molecule has 7 heteroatoms. The first-order valence-electron chi connectivity index (χ1n) is 9.11. The number of nitrogens with zero attached hydrogens (tertiary/aromatic N) is 6. The molecule has 2 aromatic rings. The third kappa shape index (κ3) is 3.36. The van der Waals surface area contributed by atoms with E-state index >= 15 is 0 Å². The predicted octanol–water partition coefficient (Wildman–Crippen LogP) is 1.27. The van der Waals surface area contributed by atoms with Gasteiger partial charge < -0.3 is 14.2 Å². The fourth-order valence-electron chi connectivity index (χ4n) is 4.07. The van der Waals surface area contributed by atoms with Crippen LogP contribution in [0.3, 0.4) is 0 Å². The predicted molar refractivity (Wildman–Crippen MR) is 94.9 cm³/mol. The summed E-state index contributed by atoms with van der Waals surface area (Å²) in [4.78, 5) is 9.28. The van der Waals surface area contributed by atoms with E-state index in [1.165, 1.54) is 11.3 Å². The Morgan fingerprint density at radius 3 is 2.96 bits per heavy atom. The van der Waals surface area contributed by atoms with Crippen LogP contribution in [0.15, 0.2) is 18.6 Å². The lowest BCUT2D eigenvalue weighted by Gasteiger charge is -2.31. The maximum absolute atomic E-state index is 6.03. The Morgan fingerprint density at radius 1 is 1.32 bits per heavy atom. The topological polar surface area (TPSA) is 51.4 Å². The molecule has 0 unspecified atom stereocenters. The minimum atomic E-state index is 0.119. The van der Waals surface area contributed by atoms with Crippen LogP contribution in [-0.2, 0) is 31.4 Å². The summed E-state index contributed by atoms with van der Waals surface area (Å²) < 4.78 is 10.3. The van der Waals surface area contributed by atoms with Crippen LogP contribution in [0.4, 0.5) is 0 Å². The van der Waals surface area contributed by atoms with Gasteiger partial charge in [-0.15, -0.1) is 0 Å². The monoisotopic (exact) mass is 344 g/mol. The summed E-state index contributed by atoms with van der Waals surface area (Å²) >= 11 is 0. The SMILES string of the molecule is CN(C)Cc1cnn2c1CN(C[C@@H]1CCO[C@H]1c1nccn1C)CC2. The molecule has 1 saturated heterocycles. The number of ether oxygens (including phenoxy) is 1. The summed E-state index contributed by atoms with van der Waals surface area (Å²) in [5, 5.41) is 4.57. The fourth-order valence-corrected chi connectivity index (χ4v) is 4.07. The van der Waals surface area contributed by atoms with Gasteiger partial charge in [-0.3, -0.25) is 9.58 Å². The highest BCUT2D eigenvalue weighted by Crippen LogP contribution is 2.34. The van der Waals surface area contributed by atoms with Gasteiger partial charge in [0.25, 0.3) is 0 Å². The molecular formula is C18H28N6O. The van der Waals surface area contributed by atoms with Gasteiger partial charge in [0.2, 0.25) is 0 Å². The summed E-state index contributed by atoms with van der Waals surface area (Å²) in [6.07, 6.45) is 7.13. The molecule has 2 aliphatic rings. The third-order valence-corrected chi connectivity index (χ3v) is 5.34. The van der Waals surface area contributed by atoms with Crippen molar-refractivity contribution in [3.05, 3.63) is 35.7 Å². The maximum atomic E-state index is 6.03. The molecule has 0 saturated carbocycles. The zero-order chi connectivity index (χ0) is 17.4. The van der Waals surface area contributed by atoms with Crippen LogP contribution in [0.25, 0.3) is 0 Å². The normalized spacial score (nSPS) is 24.2.